The number of hydrogen-bond donors (Lipinski definition) is 2. The van der Waals surface area contributed by atoms with E-state index in [2.05, 4.69) is 10.3 Å². The van der Waals surface area contributed by atoms with Crippen LogP contribution >= 0.6 is 0 Å². The number of nitrogens with zero attached hydrogens (tertiary/aromatic N) is 3. The summed E-state index contributed by atoms with van der Waals surface area (Å²) in [6.07, 6.45) is 1.87. The first-order valence-electron chi connectivity index (χ1n) is 16.2. The number of nitrogens with one attached hydrogen (secondary N) is 1. The number of fused-ring (bicyclic) bond motifs is 3. The van der Waals surface area contributed by atoms with Crippen LogP contribution in [-0.2, 0) is 23.0 Å². The van der Waals surface area contributed by atoms with Crippen LogP contribution in [0, 0.1) is 19.7 Å². The van der Waals surface area contributed by atoms with Crippen LogP contribution in [0.25, 0.3) is 44.7 Å². The molecule has 0 bridgehead atoms. The molecular weight excluding hydrogens is 611 g/mol. The summed E-state index contributed by atoms with van der Waals surface area (Å²) < 4.78 is 35.5. The van der Waals surface area contributed by atoms with Gasteiger partial charge >= 0.3 is 5.97 Å². The van der Waals surface area contributed by atoms with Crippen LogP contribution < -0.4 is 14.8 Å². The van der Waals surface area contributed by atoms with E-state index >= 15 is 4.39 Å². The zero-order valence-electron chi connectivity index (χ0n) is 28.0. The van der Waals surface area contributed by atoms with Gasteiger partial charge in [-0.05, 0) is 101 Å². The van der Waals surface area contributed by atoms with Crippen molar-refractivity contribution in [2.24, 2.45) is 7.05 Å². The molecule has 0 saturated heterocycles. The number of rotatable bonds is 6. The molecule has 1 unspecified atom stereocenters. The monoisotopic (exact) mass is 650 g/mol. The van der Waals surface area contributed by atoms with E-state index < -0.39 is 23.5 Å². The van der Waals surface area contributed by atoms with Gasteiger partial charge in [-0.25, -0.2) is 14.2 Å². The van der Waals surface area contributed by atoms with Gasteiger partial charge in [0.05, 0.1) is 29.3 Å². The van der Waals surface area contributed by atoms with Crippen LogP contribution in [0.1, 0.15) is 55.7 Å². The van der Waals surface area contributed by atoms with Gasteiger partial charge in [0.1, 0.15) is 18.0 Å². The lowest BCUT2D eigenvalue weighted by Crippen LogP contribution is -2.28. The lowest BCUT2D eigenvalue weighted by molar-refractivity contribution is -0.160. The highest BCUT2D eigenvalue weighted by molar-refractivity contribution is 6.01. The molecule has 2 N–H and O–H groups in total. The second-order valence-electron chi connectivity index (χ2n) is 13.5. The lowest BCUT2D eigenvalue weighted by Gasteiger charge is -2.29. The Kier molecular flexibility index (Phi) is 7.86. The molecule has 10 heteroatoms. The summed E-state index contributed by atoms with van der Waals surface area (Å²) in [6.45, 7) is 11.0. The molecule has 2 aliphatic rings. The van der Waals surface area contributed by atoms with Gasteiger partial charge in [-0.15, -0.1) is 0 Å². The number of aromatic nitrogens is 3. The Morgan fingerprint density at radius 1 is 1.08 bits per heavy atom. The standard InChI is InChI=1S/C38H39FN4O5/c1-20-24-8-7-14-47-34(24)27(39)18-25(20)33-26-19-30(43(6)36(26)42-21(2)32(33)35(37(44)45)48-38(3,4)5)23-11-12-40-28(17-23)22-9-10-31-29(16-22)41-13-15-46-31/h9-12,16-19,35,41H,7-8,13-15H2,1-6H3,(H,44,45). The van der Waals surface area contributed by atoms with Crippen molar-refractivity contribution in [1.82, 2.24) is 14.5 Å². The highest BCUT2D eigenvalue weighted by atomic mass is 19.1. The zero-order valence-corrected chi connectivity index (χ0v) is 28.0. The maximum absolute atomic E-state index is 15.8. The molecule has 7 rings (SSSR count). The average molecular weight is 651 g/mol. The highest BCUT2D eigenvalue weighted by Gasteiger charge is 2.34. The minimum absolute atomic E-state index is 0.272. The highest BCUT2D eigenvalue weighted by Crippen LogP contribution is 2.46. The third kappa shape index (κ3) is 5.53. The predicted octanol–water partition coefficient (Wildman–Crippen LogP) is 7.80. The molecule has 3 aromatic heterocycles. The van der Waals surface area contributed by atoms with Crippen molar-refractivity contribution in [3.05, 3.63) is 76.9 Å². The SMILES string of the molecule is Cc1nc2c(cc(-c3ccnc(-c4ccc5c(c4)NCCO5)c3)n2C)c(-c2cc(F)c3c(c2C)CCCO3)c1C(OC(C)(C)C)C(=O)O. The van der Waals surface area contributed by atoms with E-state index in [1.807, 2.05) is 75.7 Å². The van der Waals surface area contributed by atoms with Gasteiger partial charge in [0.2, 0.25) is 0 Å². The van der Waals surface area contributed by atoms with Gasteiger partial charge in [0, 0.05) is 58.7 Å². The van der Waals surface area contributed by atoms with Gasteiger partial charge in [-0.2, -0.15) is 0 Å². The summed E-state index contributed by atoms with van der Waals surface area (Å²) in [6, 6.07) is 13.4. The first-order chi connectivity index (χ1) is 22.9. The fourth-order valence-electron chi connectivity index (χ4n) is 6.90. The van der Waals surface area contributed by atoms with E-state index in [9.17, 15) is 9.90 Å². The largest absolute Gasteiger partial charge is 0.490 e. The van der Waals surface area contributed by atoms with Crippen molar-refractivity contribution >= 4 is 22.7 Å². The van der Waals surface area contributed by atoms with Crippen molar-refractivity contribution in [2.45, 2.75) is 59.2 Å². The Labute approximate surface area is 278 Å². The molecule has 48 heavy (non-hydrogen) atoms. The van der Waals surface area contributed by atoms with Crippen LogP contribution in [0.15, 0.2) is 48.7 Å². The fourth-order valence-corrected chi connectivity index (χ4v) is 6.90. The number of halogens is 1. The van der Waals surface area contributed by atoms with Gasteiger partial charge in [0.15, 0.2) is 17.7 Å². The molecule has 248 valence electrons. The maximum atomic E-state index is 15.8. The molecule has 5 aromatic rings. The third-order valence-electron chi connectivity index (χ3n) is 9.07. The summed E-state index contributed by atoms with van der Waals surface area (Å²) in [5.41, 5.74) is 8.00. The second-order valence-corrected chi connectivity index (χ2v) is 13.5. The fraction of sp³-hybridized carbons (Fsp3) is 0.342. The summed E-state index contributed by atoms with van der Waals surface area (Å²) in [4.78, 5) is 22.6. The lowest BCUT2D eigenvalue weighted by atomic mass is 9.86. The Morgan fingerprint density at radius 3 is 2.67 bits per heavy atom. The predicted molar refractivity (Wildman–Crippen MR) is 183 cm³/mol. The molecule has 2 aromatic carbocycles. The molecule has 0 saturated carbocycles. The van der Waals surface area contributed by atoms with Gasteiger partial charge in [-0.3, -0.25) is 4.98 Å². The number of aliphatic carboxylic acids is 1. The number of carbonyl (C=O) groups is 1. The van der Waals surface area contributed by atoms with Crippen LogP contribution in [-0.4, -0.2) is 51.0 Å². The number of pyridine rings is 2. The van der Waals surface area contributed by atoms with E-state index in [1.165, 1.54) is 6.07 Å². The van der Waals surface area contributed by atoms with Crippen molar-refractivity contribution in [2.75, 3.05) is 25.1 Å². The van der Waals surface area contributed by atoms with Crippen molar-refractivity contribution in [3.63, 3.8) is 0 Å². The smallest absolute Gasteiger partial charge is 0.337 e. The zero-order chi connectivity index (χ0) is 33.9. The van der Waals surface area contributed by atoms with E-state index in [4.69, 9.17) is 19.2 Å². The van der Waals surface area contributed by atoms with Crippen LogP contribution in [0.4, 0.5) is 10.1 Å². The molecule has 0 amide bonds. The molecular formula is C38H39FN4O5. The summed E-state index contributed by atoms with van der Waals surface area (Å²) in [7, 11) is 1.93. The minimum Gasteiger partial charge on any atom is -0.490 e. The van der Waals surface area contributed by atoms with Crippen LogP contribution in [0.5, 0.6) is 11.5 Å². The van der Waals surface area contributed by atoms with E-state index in [1.54, 1.807) is 13.1 Å². The average Bonchev–Trinajstić information content (AvgIpc) is 3.39. The molecule has 2 aliphatic heterocycles. The quantitative estimate of drug-likeness (QED) is 0.192. The number of aryl methyl sites for hydroxylation is 2. The van der Waals surface area contributed by atoms with Crippen molar-refractivity contribution < 1.29 is 28.5 Å². The number of hydrogen-bond acceptors (Lipinski definition) is 7. The first kappa shape index (κ1) is 31.6. The number of anilines is 1. The molecule has 0 spiro atoms. The molecule has 5 heterocycles. The van der Waals surface area contributed by atoms with Crippen molar-refractivity contribution in [1.29, 1.82) is 0 Å². The Hall–Kier alpha value is -4.96. The number of benzene rings is 2. The van der Waals surface area contributed by atoms with Crippen LogP contribution in [0.2, 0.25) is 0 Å². The number of ether oxygens (including phenoxy) is 3. The summed E-state index contributed by atoms with van der Waals surface area (Å²) in [5, 5.41) is 14.6. The molecule has 0 fully saturated rings. The van der Waals surface area contributed by atoms with Gasteiger partial charge in [-0.1, -0.05) is 0 Å². The van der Waals surface area contributed by atoms with E-state index in [0.717, 1.165) is 58.0 Å². The first-order valence-corrected chi connectivity index (χ1v) is 16.2. The number of carboxylic acids is 1. The second kappa shape index (κ2) is 11.9. The van der Waals surface area contributed by atoms with Crippen LogP contribution in [0.3, 0.4) is 0 Å². The maximum Gasteiger partial charge on any atom is 0.337 e. The molecule has 1 atom stereocenters. The number of carboxylic acid groups (broad SMARTS) is 1. The Bertz CT molecular complexity index is 2100. The van der Waals surface area contributed by atoms with Gasteiger partial charge < -0.3 is 29.2 Å². The summed E-state index contributed by atoms with van der Waals surface area (Å²) in [5.74, 6) is -0.527. The molecule has 0 radical (unpaired) electrons. The Morgan fingerprint density at radius 2 is 1.90 bits per heavy atom. The van der Waals surface area contributed by atoms with Gasteiger partial charge in [0.25, 0.3) is 0 Å². The Balaban J connectivity index is 1.47. The van der Waals surface area contributed by atoms with Crippen molar-refractivity contribution in [3.8, 4) is 45.1 Å². The molecule has 9 nitrogen and oxygen atoms in total. The third-order valence-corrected chi connectivity index (χ3v) is 9.07. The normalized spacial score (nSPS) is 14.8. The summed E-state index contributed by atoms with van der Waals surface area (Å²) >= 11 is 0. The minimum atomic E-state index is -1.34. The topological polar surface area (TPSA) is 108 Å². The molecule has 0 aliphatic carbocycles. The van der Waals surface area contributed by atoms with E-state index in [-0.39, 0.29) is 5.75 Å². The van der Waals surface area contributed by atoms with E-state index in [0.29, 0.717) is 53.1 Å².